The van der Waals surface area contributed by atoms with Crippen molar-refractivity contribution < 1.29 is 15.1 Å². The first-order valence-corrected chi connectivity index (χ1v) is 6.50. The number of nitro groups is 1. The molecule has 21 heavy (non-hydrogen) atoms. The summed E-state index contributed by atoms with van der Waals surface area (Å²) in [6.07, 6.45) is 2.79. The normalized spacial score (nSPS) is 15.2. The maximum atomic E-state index is 11.1. The summed E-state index contributed by atoms with van der Waals surface area (Å²) in [6.45, 7) is 1.21. The van der Waals surface area contributed by atoms with E-state index in [0.717, 1.165) is 5.56 Å². The molecule has 0 atom stereocenters. The molecule has 0 fully saturated rings. The summed E-state index contributed by atoms with van der Waals surface area (Å²) >= 11 is 5.72. The molecular weight excluding hydrogens is 300 g/mol. The first-order chi connectivity index (χ1) is 10.1. The maximum Gasteiger partial charge on any atom is 0.309 e. The van der Waals surface area contributed by atoms with E-state index in [4.69, 9.17) is 16.9 Å². The Kier molecular flexibility index (Phi) is 5.20. The van der Waals surface area contributed by atoms with Gasteiger partial charge in [0.15, 0.2) is 0 Å². The molecule has 2 rings (SSSR count). The highest BCUT2D eigenvalue weighted by Crippen LogP contribution is 2.15. The van der Waals surface area contributed by atoms with E-state index in [1.807, 2.05) is 0 Å². The zero-order valence-corrected chi connectivity index (χ0v) is 11.7. The van der Waals surface area contributed by atoms with Crippen LogP contribution in [0.25, 0.3) is 0 Å². The van der Waals surface area contributed by atoms with Crippen molar-refractivity contribution in [2.75, 3.05) is 19.7 Å². The van der Waals surface area contributed by atoms with E-state index < -0.39 is 4.92 Å². The molecule has 1 aromatic heterocycles. The minimum Gasteiger partial charge on any atom is -0.345 e. The van der Waals surface area contributed by atoms with Gasteiger partial charge < -0.3 is 4.90 Å². The van der Waals surface area contributed by atoms with E-state index >= 15 is 0 Å². The molecule has 112 valence electrons. The lowest BCUT2D eigenvalue weighted by Crippen LogP contribution is -2.31. The van der Waals surface area contributed by atoms with Crippen LogP contribution in [0.4, 0.5) is 0 Å². The van der Waals surface area contributed by atoms with E-state index in [0.29, 0.717) is 24.8 Å². The van der Waals surface area contributed by atoms with E-state index in [1.165, 1.54) is 6.08 Å². The number of aliphatic imine (C=N–C) groups is 1. The minimum absolute atomic E-state index is 0.191. The largest absolute Gasteiger partial charge is 0.345 e. The average molecular weight is 313 g/mol. The Hall–Kier alpha value is -2.03. The van der Waals surface area contributed by atoms with Crippen molar-refractivity contribution in [3.05, 3.63) is 50.9 Å². The zero-order chi connectivity index (χ0) is 15.2. The number of aromatic nitrogens is 1. The van der Waals surface area contributed by atoms with Gasteiger partial charge in [-0.3, -0.25) is 20.4 Å². The molecule has 1 N–H and O–H groups in total. The molecule has 8 nitrogen and oxygen atoms in total. The Morgan fingerprint density at radius 3 is 3.05 bits per heavy atom. The van der Waals surface area contributed by atoms with Crippen molar-refractivity contribution in [3.8, 4) is 0 Å². The molecule has 0 amide bonds. The highest BCUT2D eigenvalue weighted by Gasteiger charge is 2.28. The molecule has 0 saturated heterocycles. The fourth-order valence-corrected chi connectivity index (χ4v) is 2.08. The van der Waals surface area contributed by atoms with E-state index in [1.54, 1.807) is 23.2 Å². The highest BCUT2D eigenvalue weighted by atomic mass is 35.5. The van der Waals surface area contributed by atoms with Crippen LogP contribution in [0.5, 0.6) is 0 Å². The summed E-state index contributed by atoms with van der Waals surface area (Å²) in [6, 6.07) is 3.46. The minimum atomic E-state index is -0.545. The molecule has 0 unspecified atom stereocenters. The number of hydrogen-bond donors (Lipinski definition) is 1. The SMILES string of the molecule is O=[N+]([O-])/C(=C/COO)C1=NCCN1Cc1ccc(Cl)nc1. The lowest BCUT2D eigenvalue weighted by atomic mass is 10.2. The summed E-state index contributed by atoms with van der Waals surface area (Å²) in [5.41, 5.74) is 0.679. The van der Waals surface area contributed by atoms with Crippen LogP contribution in [0.15, 0.2) is 35.1 Å². The number of amidine groups is 1. The van der Waals surface area contributed by atoms with Crippen molar-refractivity contribution in [2.45, 2.75) is 6.54 Å². The van der Waals surface area contributed by atoms with Gasteiger partial charge in [-0.2, -0.15) is 0 Å². The Morgan fingerprint density at radius 2 is 2.43 bits per heavy atom. The third-order valence-electron chi connectivity index (χ3n) is 2.87. The van der Waals surface area contributed by atoms with Crippen molar-refractivity contribution in [2.24, 2.45) is 4.99 Å². The summed E-state index contributed by atoms with van der Waals surface area (Å²) in [7, 11) is 0. The number of nitrogens with zero attached hydrogens (tertiary/aromatic N) is 4. The van der Waals surface area contributed by atoms with Crippen LogP contribution < -0.4 is 0 Å². The van der Waals surface area contributed by atoms with Crippen LogP contribution in [0.1, 0.15) is 5.56 Å². The third kappa shape index (κ3) is 3.97. The van der Waals surface area contributed by atoms with Crippen LogP contribution in [0, 0.1) is 10.1 Å². The Labute approximate surface area is 125 Å². The van der Waals surface area contributed by atoms with Gasteiger partial charge in [0.1, 0.15) is 11.8 Å². The van der Waals surface area contributed by atoms with E-state index in [-0.39, 0.29) is 18.1 Å². The van der Waals surface area contributed by atoms with Gasteiger partial charge in [0.25, 0.3) is 0 Å². The summed E-state index contributed by atoms with van der Waals surface area (Å²) in [5.74, 6) is 0.270. The van der Waals surface area contributed by atoms with Crippen molar-refractivity contribution in [1.82, 2.24) is 9.88 Å². The summed E-state index contributed by atoms with van der Waals surface area (Å²) in [5, 5.41) is 19.8. The monoisotopic (exact) mass is 312 g/mol. The first-order valence-electron chi connectivity index (χ1n) is 6.13. The standard InChI is InChI=1S/C12H13ClN4O4/c13-11-2-1-9(7-15-11)8-16-5-4-14-12(16)10(17(18)19)3-6-21-20/h1-3,7,20H,4-6,8H2/b10-3+. The number of hydrogen-bond acceptors (Lipinski definition) is 7. The third-order valence-corrected chi connectivity index (χ3v) is 3.09. The molecule has 0 aliphatic carbocycles. The van der Waals surface area contributed by atoms with Gasteiger partial charge in [-0.05, 0) is 11.6 Å². The Morgan fingerprint density at radius 1 is 1.62 bits per heavy atom. The van der Waals surface area contributed by atoms with Crippen molar-refractivity contribution >= 4 is 17.4 Å². The zero-order valence-electron chi connectivity index (χ0n) is 11.0. The van der Waals surface area contributed by atoms with Crippen molar-refractivity contribution in [1.29, 1.82) is 0 Å². The van der Waals surface area contributed by atoms with Gasteiger partial charge in [0, 0.05) is 25.4 Å². The van der Waals surface area contributed by atoms with Crippen molar-refractivity contribution in [3.63, 3.8) is 0 Å². The Balaban J connectivity index is 2.15. The second-order valence-electron chi connectivity index (χ2n) is 4.26. The molecule has 0 spiro atoms. The van der Waals surface area contributed by atoms with Crippen LogP contribution >= 0.6 is 11.6 Å². The predicted molar refractivity (Wildman–Crippen MR) is 75.6 cm³/mol. The topological polar surface area (TPSA) is 101 Å². The van der Waals surface area contributed by atoms with Gasteiger partial charge in [0.05, 0.1) is 11.5 Å². The second kappa shape index (κ2) is 7.11. The lowest BCUT2D eigenvalue weighted by molar-refractivity contribution is -0.416. The highest BCUT2D eigenvalue weighted by molar-refractivity contribution is 6.29. The molecule has 0 bridgehead atoms. The quantitative estimate of drug-likeness (QED) is 0.370. The molecule has 2 heterocycles. The second-order valence-corrected chi connectivity index (χ2v) is 4.65. The molecule has 0 saturated carbocycles. The van der Waals surface area contributed by atoms with Gasteiger partial charge >= 0.3 is 5.70 Å². The van der Waals surface area contributed by atoms with Crippen LogP contribution in [-0.4, -0.2) is 45.6 Å². The van der Waals surface area contributed by atoms with E-state index in [2.05, 4.69) is 14.9 Å². The average Bonchev–Trinajstić information content (AvgIpc) is 2.90. The number of halogens is 1. The number of rotatable bonds is 6. The lowest BCUT2D eigenvalue weighted by Gasteiger charge is -2.18. The van der Waals surface area contributed by atoms with Crippen LogP contribution in [0.2, 0.25) is 5.15 Å². The number of pyridine rings is 1. The summed E-state index contributed by atoms with van der Waals surface area (Å²) < 4.78 is 0. The van der Waals surface area contributed by atoms with Gasteiger partial charge in [-0.1, -0.05) is 17.7 Å². The molecule has 1 aromatic rings. The molecule has 1 aliphatic heterocycles. The van der Waals surface area contributed by atoms with E-state index in [9.17, 15) is 10.1 Å². The molecular formula is C12H13ClN4O4. The van der Waals surface area contributed by atoms with Gasteiger partial charge in [-0.15, -0.1) is 0 Å². The fraction of sp³-hybridized carbons (Fsp3) is 0.333. The maximum absolute atomic E-state index is 11.1. The van der Waals surface area contributed by atoms with Gasteiger partial charge in [-0.25, -0.2) is 9.87 Å². The molecule has 0 aromatic carbocycles. The van der Waals surface area contributed by atoms with Gasteiger partial charge in [0.2, 0.25) is 5.84 Å². The predicted octanol–water partition coefficient (Wildman–Crippen LogP) is 1.60. The molecule has 9 heteroatoms. The molecule has 0 radical (unpaired) electrons. The van der Waals surface area contributed by atoms with Crippen LogP contribution in [-0.2, 0) is 11.4 Å². The van der Waals surface area contributed by atoms with Crippen LogP contribution in [0.3, 0.4) is 0 Å². The first kappa shape index (κ1) is 15.4. The smallest absolute Gasteiger partial charge is 0.309 e. The summed E-state index contributed by atoms with van der Waals surface area (Å²) in [4.78, 5) is 24.3. The fourth-order valence-electron chi connectivity index (χ4n) is 1.96. The Bertz CT molecular complexity index is 573. The molecule has 1 aliphatic rings.